The van der Waals surface area contributed by atoms with Crippen molar-refractivity contribution in [2.24, 2.45) is 0 Å². The van der Waals surface area contributed by atoms with Crippen molar-refractivity contribution < 1.29 is 9.90 Å². The third-order valence-corrected chi connectivity index (χ3v) is 5.97. The third kappa shape index (κ3) is 4.18. The number of H-pyrrole nitrogens is 1. The standard InChI is InChI=1S/C21H26N4O4/c26-18-8-12-25(20(28)22-18)17-6-10-24(11-7-17)19(27)21(29)9-13-23(15-21)14-16-4-2-1-3-5-16/h1-5,8,12,17,29H,6-7,9-11,13-15H2,(H,22,26,28). The van der Waals surface area contributed by atoms with Gasteiger partial charge in [-0.2, -0.15) is 0 Å². The number of nitrogens with one attached hydrogen (secondary N) is 1. The lowest BCUT2D eigenvalue weighted by molar-refractivity contribution is -0.151. The summed E-state index contributed by atoms with van der Waals surface area (Å²) in [4.78, 5) is 42.3. The Hall–Kier alpha value is -2.71. The number of carbonyl (C=O) groups excluding carboxylic acids is 1. The summed E-state index contributed by atoms with van der Waals surface area (Å²) in [5, 5.41) is 11.0. The predicted molar refractivity (Wildman–Crippen MR) is 107 cm³/mol. The van der Waals surface area contributed by atoms with E-state index >= 15 is 0 Å². The number of hydrogen-bond acceptors (Lipinski definition) is 5. The van der Waals surface area contributed by atoms with Crippen LogP contribution in [0.4, 0.5) is 0 Å². The Kier molecular flexibility index (Phi) is 5.38. The Bertz CT molecular complexity index is 978. The zero-order valence-corrected chi connectivity index (χ0v) is 16.3. The number of hydrogen-bond donors (Lipinski definition) is 2. The van der Waals surface area contributed by atoms with E-state index in [1.54, 1.807) is 4.90 Å². The zero-order valence-electron chi connectivity index (χ0n) is 16.3. The molecular weight excluding hydrogens is 372 g/mol. The zero-order chi connectivity index (χ0) is 20.4. The lowest BCUT2D eigenvalue weighted by atomic mass is 9.98. The molecular formula is C21H26N4O4. The van der Waals surface area contributed by atoms with E-state index in [0.29, 0.717) is 52.0 Å². The summed E-state index contributed by atoms with van der Waals surface area (Å²) in [5.41, 5.74) is -1.02. The molecule has 2 aromatic rings. The first-order chi connectivity index (χ1) is 13.9. The van der Waals surface area contributed by atoms with Crippen LogP contribution in [0.1, 0.15) is 30.9 Å². The maximum absolute atomic E-state index is 13.0. The summed E-state index contributed by atoms with van der Waals surface area (Å²) in [7, 11) is 0. The van der Waals surface area contributed by atoms with E-state index in [-0.39, 0.29) is 11.9 Å². The number of amides is 1. The van der Waals surface area contributed by atoms with Crippen LogP contribution in [0, 0.1) is 0 Å². The number of aliphatic hydroxyl groups is 1. The molecule has 0 aliphatic carbocycles. The largest absolute Gasteiger partial charge is 0.379 e. The van der Waals surface area contributed by atoms with Gasteiger partial charge in [-0.3, -0.25) is 24.0 Å². The number of nitrogens with zero attached hydrogens (tertiary/aromatic N) is 3. The van der Waals surface area contributed by atoms with E-state index in [2.05, 4.69) is 9.88 Å². The van der Waals surface area contributed by atoms with Crippen LogP contribution in [0.5, 0.6) is 0 Å². The molecule has 1 aromatic heterocycles. The fourth-order valence-electron chi connectivity index (χ4n) is 4.38. The van der Waals surface area contributed by atoms with Crippen LogP contribution in [-0.2, 0) is 11.3 Å². The maximum atomic E-state index is 13.0. The Labute approximate surface area is 168 Å². The monoisotopic (exact) mass is 398 g/mol. The van der Waals surface area contributed by atoms with Crippen LogP contribution >= 0.6 is 0 Å². The average molecular weight is 398 g/mol. The molecule has 2 saturated heterocycles. The first-order valence-electron chi connectivity index (χ1n) is 10.0. The molecule has 0 spiro atoms. The van der Waals surface area contributed by atoms with Crippen LogP contribution in [-0.4, -0.2) is 62.1 Å². The van der Waals surface area contributed by atoms with Gasteiger partial charge in [0.15, 0.2) is 5.60 Å². The number of piperidine rings is 1. The van der Waals surface area contributed by atoms with Crippen molar-refractivity contribution in [3.05, 3.63) is 69.0 Å². The third-order valence-electron chi connectivity index (χ3n) is 5.97. The summed E-state index contributed by atoms with van der Waals surface area (Å²) in [6.45, 7) is 2.69. The summed E-state index contributed by atoms with van der Waals surface area (Å²) < 4.78 is 1.52. The van der Waals surface area contributed by atoms with Gasteiger partial charge >= 0.3 is 5.69 Å². The molecule has 4 rings (SSSR count). The molecule has 2 fully saturated rings. The molecule has 1 aromatic carbocycles. The predicted octanol–water partition coefficient (Wildman–Crippen LogP) is 0.337. The Morgan fingerprint density at radius 1 is 1.10 bits per heavy atom. The van der Waals surface area contributed by atoms with Crippen LogP contribution in [0.25, 0.3) is 0 Å². The lowest BCUT2D eigenvalue weighted by Crippen LogP contribution is -2.53. The van der Waals surface area contributed by atoms with Gasteiger partial charge in [0.25, 0.3) is 11.5 Å². The number of aromatic nitrogens is 2. The van der Waals surface area contributed by atoms with Gasteiger partial charge in [0, 0.05) is 51.0 Å². The quantitative estimate of drug-likeness (QED) is 0.774. The normalized spacial score (nSPS) is 23.4. The van der Waals surface area contributed by atoms with Crippen LogP contribution in [0.15, 0.2) is 52.2 Å². The van der Waals surface area contributed by atoms with Crippen molar-refractivity contribution in [3.63, 3.8) is 0 Å². The molecule has 3 heterocycles. The first kappa shape index (κ1) is 19.6. The van der Waals surface area contributed by atoms with E-state index in [1.807, 2.05) is 30.3 Å². The molecule has 154 valence electrons. The van der Waals surface area contributed by atoms with Crippen molar-refractivity contribution in [3.8, 4) is 0 Å². The van der Waals surface area contributed by atoms with Gasteiger partial charge in [0.05, 0.1) is 0 Å². The first-order valence-corrected chi connectivity index (χ1v) is 10.0. The highest BCUT2D eigenvalue weighted by Crippen LogP contribution is 2.28. The highest BCUT2D eigenvalue weighted by Gasteiger charge is 2.45. The highest BCUT2D eigenvalue weighted by atomic mass is 16.3. The topological polar surface area (TPSA) is 98.6 Å². The number of carbonyl (C=O) groups is 1. The van der Waals surface area contributed by atoms with Gasteiger partial charge in [-0.1, -0.05) is 30.3 Å². The molecule has 1 amide bonds. The van der Waals surface area contributed by atoms with Gasteiger partial charge in [-0.05, 0) is 24.8 Å². The number of β-amino-alcohol motifs (C(OH)–C–C–N with tert-alkyl or cyclic N) is 1. The van der Waals surface area contributed by atoms with Gasteiger partial charge in [0.1, 0.15) is 0 Å². The molecule has 0 saturated carbocycles. The van der Waals surface area contributed by atoms with Crippen molar-refractivity contribution in [2.45, 2.75) is 37.5 Å². The second-order valence-corrected chi connectivity index (χ2v) is 8.02. The minimum absolute atomic E-state index is 0.0591. The van der Waals surface area contributed by atoms with Crippen LogP contribution < -0.4 is 11.2 Å². The molecule has 8 nitrogen and oxygen atoms in total. The van der Waals surface area contributed by atoms with Gasteiger partial charge in [-0.15, -0.1) is 0 Å². The molecule has 0 bridgehead atoms. The molecule has 2 aliphatic rings. The summed E-state index contributed by atoms with van der Waals surface area (Å²) in [6, 6.07) is 11.3. The van der Waals surface area contributed by atoms with Gasteiger partial charge in [-0.25, -0.2) is 4.79 Å². The molecule has 1 unspecified atom stereocenters. The SMILES string of the molecule is O=C(N1CCC(n2ccc(=O)[nH]c2=O)CC1)C1(O)CCN(Cc2ccccc2)C1. The highest BCUT2D eigenvalue weighted by molar-refractivity contribution is 5.85. The molecule has 29 heavy (non-hydrogen) atoms. The number of benzene rings is 1. The molecule has 2 N–H and O–H groups in total. The van der Waals surface area contributed by atoms with Crippen molar-refractivity contribution in [1.82, 2.24) is 19.4 Å². The van der Waals surface area contributed by atoms with E-state index in [1.165, 1.54) is 16.8 Å². The van der Waals surface area contributed by atoms with Crippen molar-refractivity contribution in [1.29, 1.82) is 0 Å². The van der Waals surface area contributed by atoms with Crippen molar-refractivity contribution >= 4 is 5.91 Å². The number of rotatable bonds is 4. The Morgan fingerprint density at radius 3 is 2.52 bits per heavy atom. The fourth-order valence-corrected chi connectivity index (χ4v) is 4.38. The van der Waals surface area contributed by atoms with E-state index in [4.69, 9.17) is 0 Å². The lowest BCUT2D eigenvalue weighted by Gasteiger charge is -2.36. The van der Waals surface area contributed by atoms with Crippen LogP contribution in [0.3, 0.4) is 0 Å². The summed E-state index contributed by atoms with van der Waals surface area (Å²) in [5.74, 6) is -0.222. The van der Waals surface area contributed by atoms with E-state index in [9.17, 15) is 19.5 Å². The number of likely N-dealkylation sites (tertiary alicyclic amines) is 2. The molecule has 0 radical (unpaired) electrons. The Morgan fingerprint density at radius 2 is 1.83 bits per heavy atom. The summed E-state index contributed by atoms with van der Waals surface area (Å²) in [6.07, 6.45) is 3.16. The second kappa shape index (κ2) is 7.96. The minimum Gasteiger partial charge on any atom is -0.379 e. The minimum atomic E-state index is -1.35. The second-order valence-electron chi connectivity index (χ2n) is 8.02. The van der Waals surface area contributed by atoms with E-state index in [0.717, 1.165) is 5.56 Å². The van der Waals surface area contributed by atoms with E-state index < -0.39 is 16.9 Å². The Balaban J connectivity index is 1.35. The smallest absolute Gasteiger partial charge is 0.328 e. The fraction of sp³-hybridized carbons (Fsp3) is 0.476. The maximum Gasteiger partial charge on any atom is 0.328 e. The van der Waals surface area contributed by atoms with Gasteiger partial charge < -0.3 is 10.0 Å². The molecule has 8 heteroatoms. The average Bonchev–Trinajstić information content (AvgIpc) is 3.10. The molecule has 2 aliphatic heterocycles. The molecule has 1 atom stereocenters. The van der Waals surface area contributed by atoms with Crippen LogP contribution in [0.2, 0.25) is 0 Å². The van der Waals surface area contributed by atoms with Crippen molar-refractivity contribution in [2.75, 3.05) is 26.2 Å². The number of aromatic amines is 1. The summed E-state index contributed by atoms with van der Waals surface area (Å²) >= 11 is 0. The van der Waals surface area contributed by atoms with Gasteiger partial charge in [0.2, 0.25) is 0 Å².